The third-order valence-corrected chi connectivity index (χ3v) is 8.31. The maximum Gasteiger partial charge on any atom is 2.00 e. The molecule has 4 aromatic carbocycles. The third kappa shape index (κ3) is 27.4. The predicted octanol–water partition coefficient (Wildman–Crippen LogP) is 8.48. The minimum Gasteiger partial charge on any atom is -0.543 e. The number of aliphatic imine (C=N–C) groups is 2. The number of hydrogen-bond donors (Lipinski definition) is 0. The molecule has 0 saturated heterocycles. The summed E-state index contributed by atoms with van der Waals surface area (Å²) in [7, 11) is -1.22. The molecule has 0 aliphatic rings. The first-order valence-electron chi connectivity index (χ1n) is 20.6. The molecule has 2 N–H and O–H groups in total. The Morgan fingerprint density at radius 1 is 0.479 bits per heavy atom. The van der Waals surface area contributed by atoms with E-state index in [9.17, 15) is 28.2 Å². The number of rotatable bonds is 8. The maximum atomic E-state index is 10.4. The van der Waals surface area contributed by atoms with Crippen LogP contribution in [0.15, 0.2) is 168 Å². The van der Waals surface area contributed by atoms with Crippen LogP contribution in [-0.2, 0) is 60.6 Å². The molecule has 0 unspecified atom stereocenters. The van der Waals surface area contributed by atoms with Crippen LogP contribution in [0, 0.1) is 27.7 Å². The number of aromatic carboxylic acids is 2. The van der Waals surface area contributed by atoms with E-state index >= 15 is 0 Å². The van der Waals surface area contributed by atoms with Gasteiger partial charge in [-0.1, -0.05) is 132 Å². The van der Waals surface area contributed by atoms with E-state index in [1.165, 1.54) is 34.4 Å². The smallest absolute Gasteiger partial charge is 0.543 e. The van der Waals surface area contributed by atoms with Gasteiger partial charge in [0.2, 0.25) is 0 Å². The molecule has 4 heterocycles. The van der Waals surface area contributed by atoms with Crippen LogP contribution in [-0.4, -0.2) is 83.5 Å². The van der Waals surface area contributed by atoms with Crippen LogP contribution in [0.25, 0.3) is 32.7 Å². The Morgan fingerprint density at radius 2 is 0.761 bits per heavy atom. The van der Waals surface area contributed by atoms with E-state index in [1.807, 2.05) is 109 Å². The van der Waals surface area contributed by atoms with E-state index in [1.54, 1.807) is 74.4 Å². The second kappa shape index (κ2) is 35.5. The molecule has 0 fully saturated rings. The largest absolute Gasteiger partial charge is 2.00 e. The van der Waals surface area contributed by atoms with Gasteiger partial charge in [-0.05, 0) is 99.0 Å². The van der Waals surface area contributed by atoms with Gasteiger partial charge in [-0.15, -0.1) is 0 Å². The molecule has 374 valence electrons. The monoisotopic (exact) mass is 1170 g/mol. The van der Waals surface area contributed by atoms with Gasteiger partial charge in [-0.2, -0.15) is 0 Å². The molecule has 0 bridgehead atoms. The zero-order valence-corrected chi connectivity index (χ0v) is 45.1. The van der Waals surface area contributed by atoms with Crippen molar-refractivity contribution in [1.82, 2.24) is 19.9 Å². The minimum atomic E-state index is -1.28. The number of fused-ring (bicyclic) bond motifs is 2. The number of hydrogen-bond acceptors (Lipinski definition) is 12. The molecule has 0 aliphatic carbocycles. The van der Waals surface area contributed by atoms with Crippen LogP contribution in [0.1, 0.15) is 43.2 Å². The topological polar surface area (TPSA) is 250 Å². The fourth-order valence-corrected chi connectivity index (χ4v) is 4.98. The first kappa shape index (κ1) is 64.4. The van der Waals surface area contributed by atoms with Gasteiger partial charge in [0.15, 0.2) is 11.3 Å². The summed E-state index contributed by atoms with van der Waals surface area (Å²) in [6.45, 7) is 8.24. The molecule has 8 rings (SSSR count). The number of aryl methyl sites for hydroxylation is 4. The summed E-state index contributed by atoms with van der Waals surface area (Å²) in [5.41, 5.74) is 9.29. The van der Waals surface area contributed by atoms with E-state index in [2.05, 4.69) is 68.2 Å². The van der Waals surface area contributed by atoms with Gasteiger partial charge < -0.3 is 45.9 Å². The number of carbonyl (C=O) groups is 2. The standard InChI is InChI=1S/2C15H15N2.2C9H6N2O2.2C2H6OS.H2O.2Rh/c2*1-12-3-7-14(8-4-12)16-11-17-15-9-5-13(2)6-10-15;2*12-9(13)7-4-3-6-2-1-5-10-8(6)11-7;2*1-4(2)3;;;/h2*3-11H,1-2H3;2*1-5H,(H,12,13);2*1-2H3;1H2;;/q2*-1;;;;;;2*+2/p-2. The zero-order valence-electron chi connectivity index (χ0n) is 40.2. The SMILES string of the molecule is CS(C)=O.CS(C)=O.Cc1ccc(N=C[N-]c2ccc(C)cc2)cc1.Cc1ccc(N=C[N-]c2ccc(C)cc2)cc1.O.O=C([O-])c1ccc2cccnc2n1.O=C([O-])c1ccc2cccnc2n1.[Rh+2].[Rh+2]. The van der Waals surface area contributed by atoms with Crippen molar-refractivity contribution in [3.05, 3.63) is 202 Å². The molecule has 19 heteroatoms. The van der Waals surface area contributed by atoms with Crippen molar-refractivity contribution in [2.45, 2.75) is 27.7 Å². The molecule has 71 heavy (non-hydrogen) atoms. The van der Waals surface area contributed by atoms with Gasteiger partial charge in [-0.3, -0.25) is 8.42 Å². The number of pyridine rings is 4. The van der Waals surface area contributed by atoms with E-state index in [4.69, 9.17) is 0 Å². The summed E-state index contributed by atoms with van der Waals surface area (Å²) >= 11 is 0. The van der Waals surface area contributed by atoms with Crippen molar-refractivity contribution in [2.24, 2.45) is 9.98 Å². The number of carboxylic acids is 2. The molecule has 0 amide bonds. The summed E-state index contributed by atoms with van der Waals surface area (Å²) in [5.74, 6) is -2.57. The molecular formula is C52H54N8O7Rh2S2. The average Bonchev–Trinajstić information content (AvgIpc) is 3.31. The number of carboxylic acid groups (broad SMARTS) is 2. The Labute approximate surface area is 445 Å². The second-order valence-electron chi connectivity index (χ2n) is 14.6. The van der Waals surface area contributed by atoms with Crippen LogP contribution in [0.5, 0.6) is 0 Å². The maximum absolute atomic E-state index is 10.4. The van der Waals surface area contributed by atoms with Crippen LogP contribution in [0.2, 0.25) is 0 Å². The predicted molar refractivity (Wildman–Crippen MR) is 278 cm³/mol. The van der Waals surface area contributed by atoms with Crippen LogP contribution in [0.3, 0.4) is 0 Å². The molecular weight excluding hydrogens is 1120 g/mol. The van der Waals surface area contributed by atoms with Crippen molar-refractivity contribution in [3.63, 3.8) is 0 Å². The summed E-state index contributed by atoms with van der Waals surface area (Å²) in [6.07, 6.45) is 12.9. The molecule has 4 aromatic heterocycles. The molecule has 0 spiro atoms. The van der Waals surface area contributed by atoms with Gasteiger partial charge in [0.25, 0.3) is 0 Å². The molecule has 2 radical (unpaired) electrons. The fraction of sp³-hybridized carbons (Fsp3) is 0.154. The van der Waals surface area contributed by atoms with Gasteiger partial charge in [0.05, 0.1) is 23.3 Å². The van der Waals surface area contributed by atoms with E-state index in [0.717, 1.165) is 33.5 Å². The summed E-state index contributed by atoms with van der Waals surface area (Å²) < 4.78 is 19.1. The molecule has 0 atom stereocenters. The quantitative estimate of drug-likeness (QED) is 0.0797. The Morgan fingerprint density at radius 3 is 1.04 bits per heavy atom. The summed E-state index contributed by atoms with van der Waals surface area (Å²) in [6, 6.07) is 45.5. The van der Waals surface area contributed by atoms with Gasteiger partial charge in [0, 0.05) is 69.8 Å². The minimum absolute atomic E-state index is 0. The van der Waals surface area contributed by atoms with E-state index in [0.29, 0.717) is 11.3 Å². The molecule has 0 aliphatic heterocycles. The van der Waals surface area contributed by atoms with Crippen molar-refractivity contribution in [2.75, 3.05) is 25.0 Å². The molecule has 8 aromatic rings. The van der Waals surface area contributed by atoms with Gasteiger partial charge in [0.1, 0.15) is 0 Å². The summed E-state index contributed by atoms with van der Waals surface area (Å²) in [4.78, 5) is 44.9. The van der Waals surface area contributed by atoms with Gasteiger partial charge >= 0.3 is 39.0 Å². The number of benzene rings is 4. The van der Waals surface area contributed by atoms with Crippen molar-refractivity contribution < 1.29 is 72.7 Å². The molecule has 15 nitrogen and oxygen atoms in total. The average molecular weight is 1170 g/mol. The van der Waals surface area contributed by atoms with Crippen molar-refractivity contribution >= 4 is 91.0 Å². The Kier molecular flexibility index (Phi) is 32.2. The Hall–Kier alpha value is -6.61. The van der Waals surface area contributed by atoms with Crippen molar-refractivity contribution in [3.8, 4) is 0 Å². The summed E-state index contributed by atoms with van der Waals surface area (Å²) in [5, 5.41) is 31.1. The zero-order chi connectivity index (χ0) is 49.8. The van der Waals surface area contributed by atoms with Crippen LogP contribution < -0.4 is 10.2 Å². The van der Waals surface area contributed by atoms with E-state index < -0.39 is 33.5 Å². The first-order valence-corrected chi connectivity index (χ1v) is 24.5. The second-order valence-corrected chi connectivity index (χ2v) is 17.6. The number of aromatic nitrogens is 4. The fourth-order valence-electron chi connectivity index (χ4n) is 4.98. The number of carbonyl (C=O) groups excluding carboxylic acids is 2. The van der Waals surface area contributed by atoms with Crippen LogP contribution >= 0.6 is 0 Å². The van der Waals surface area contributed by atoms with Crippen molar-refractivity contribution in [1.29, 1.82) is 0 Å². The number of nitrogens with zero attached hydrogens (tertiary/aromatic N) is 8. The van der Waals surface area contributed by atoms with Gasteiger partial charge in [-0.25, -0.2) is 19.9 Å². The Bertz CT molecular complexity index is 2720. The normalized spacial score (nSPS) is 9.83. The molecule has 0 saturated carbocycles. The first-order chi connectivity index (χ1) is 32.5. The van der Waals surface area contributed by atoms with E-state index in [-0.39, 0.29) is 55.8 Å². The third-order valence-electron chi connectivity index (χ3n) is 8.31. The Balaban J connectivity index is 0.000000867. The van der Waals surface area contributed by atoms with Crippen LogP contribution in [0.4, 0.5) is 22.7 Å².